The minimum absolute atomic E-state index is 0.0600. The van der Waals surface area contributed by atoms with Crippen molar-refractivity contribution >= 4 is 5.91 Å². The third kappa shape index (κ3) is 4.03. The largest absolute Gasteiger partial charge is 0.497 e. The van der Waals surface area contributed by atoms with Crippen molar-refractivity contribution in [1.29, 1.82) is 0 Å². The number of primary amides is 1. The maximum Gasteiger partial charge on any atom is 0.239 e. The fourth-order valence-electron chi connectivity index (χ4n) is 4.36. The van der Waals surface area contributed by atoms with Gasteiger partial charge in [-0.1, -0.05) is 66.7 Å². The van der Waals surface area contributed by atoms with Crippen molar-refractivity contribution < 1.29 is 9.53 Å². The van der Waals surface area contributed by atoms with Crippen LogP contribution in [0.5, 0.6) is 5.75 Å². The Kier molecular flexibility index (Phi) is 5.63. The molecule has 1 amide bonds. The van der Waals surface area contributed by atoms with Gasteiger partial charge in [0.05, 0.1) is 7.11 Å². The minimum Gasteiger partial charge on any atom is -0.497 e. The maximum atomic E-state index is 12.6. The first-order valence-electron chi connectivity index (χ1n) is 9.98. The second kappa shape index (κ2) is 8.50. The lowest BCUT2D eigenvalue weighted by Gasteiger charge is -2.41. The van der Waals surface area contributed by atoms with E-state index in [1.807, 2.05) is 42.5 Å². The van der Waals surface area contributed by atoms with E-state index in [2.05, 4.69) is 41.3 Å². The Balaban J connectivity index is 1.77. The highest BCUT2D eigenvalue weighted by atomic mass is 16.5. The van der Waals surface area contributed by atoms with Crippen molar-refractivity contribution in [2.45, 2.75) is 24.9 Å². The average molecular weight is 386 g/mol. The van der Waals surface area contributed by atoms with Gasteiger partial charge in [0.2, 0.25) is 5.91 Å². The first-order valence-corrected chi connectivity index (χ1v) is 9.98. The number of hydrogen-bond donors (Lipinski definition) is 1. The summed E-state index contributed by atoms with van der Waals surface area (Å²) in [6.45, 7) is 0.764. The molecule has 1 aliphatic rings. The first kappa shape index (κ1) is 19.2. The zero-order valence-corrected chi connectivity index (χ0v) is 16.6. The molecule has 0 aromatic heterocycles. The van der Waals surface area contributed by atoms with E-state index >= 15 is 0 Å². The van der Waals surface area contributed by atoms with Gasteiger partial charge in [-0.3, -0.25) is 9.69 Å². The first-order chi connectivity index (χ1) is 14.2. The number of methoxy groups -OCH3 is 1. The molecule has 0 aliphatic carbocycles. The molecule has 0 fully saturated rings. The third-order valence-corrected chi connectivity index (χ3v) is 5.74. The molecule has 0 saturated carbocycles. The summed E-state index contributed by atoms with van der Waals surface area (Å²) in [6.07, 6.45) is 1.67. The van der Waals surface area contributed by atoms with E-state index < -0.39 is 6.04 Å². The monoisotopic (exact) mass is 386 g/mol. The predicted octanol–water partition coefficient (Wildman–Crippen LogP) is 4.06. The topological polar surface area (TPSA) is 55.6 Å². The van der Waals surface area contributed by atoms with E-state index in [1.54, 1.807) is 7.11 Å². The Bertz CT molecular complexity index is 973. The molecule has 2 atom stereocenters. The molecule has 4 rings (SSSR count). The molecule has 3 aromatic rings. The number of carbonyl (C=O) groups excluding carboxylic acids is 1. The summed E-state index contributed by atoms with van der Waals surface area (Å²) in [4.78, 5) is 14.8. The Hall–Kier alpha value is -3.11. The van der Waals surface area contributed by atoms with Crippen LogP contribution in [0.3, 0.4) is 0 Å². The van der Waals surface area contributed by atoms with Gasteiger partial charge in [-0.2, -0.15) is 0 Å². The van der Waals surface area contributed by atoms with Gasteiger partial charge in [-0.05, 0) is 47.2 Å². The van der Waals surface area contributed by atoms with Crippen LogP contribution in [0.15, 0.2) is 78.9 Å². The lowest BCUT2D eigenvalue weighted by atomic mass is 9.86. The lowest BCUT2D eigenvalue weighted by Crippen LogP contribution is -2.44. The number of carbonyl (C=O) groups is 1. The highest BCUT2D eigenvalue weighted by molar-refractivity contribution is 5.81. The van der Waals surface area contributed by atoms with Crippen molar-refractivity contribution in [3.8, 4) is 5.75 Å². The SMILES string of the molecule is COc1ccc2c(c1)CCN(C(C(N)=O)c1ccccc1)C2Cc1ccccc1. The summed E-state index contributed by atoms with van der Waals surface area (Å²) >= 11 is 0. The molecular weight excluding hydrogens is 360 g/mol. The highest BCUT2D eigenvalue weighted by Crippen LogP contribution is 2.39. The third-order valence-electron chi connectivity index (χ3n) is 5.74. The van der Waals surface area contributed by atoms with Crippen molar-refractivity contribution in [1.82, 2.24) is 4.90 Å². The van der Waals surface area contributed by atoms with Gasteiger partial charge in [0.25, 0.3) is 0 Å². The molecule has 2 N–H and O–H groups in total. The summed E-state index contributed by atoms with van der Waals surface area (Å²) < 4.78 is 5.43. The van der Waals surface area contributed by atoms with Crippen molar-refractivity contribution in [2.24, 2.45) is 5.73 Å². The molecule has 0 spiro atoms. The van der Waals surface area contributed by atoms with Gasteiger partial charge in [0, 0.05) is 12.6 Å². The smallest absolute Gasteiger partial charge is 0.239 e. The molecule has 1 aliphatic heterocycles. The highest BCUT2D eigenvalue weighted by Gasteiger charge is 2.36. The summed E-state index contributed by atoms with van der Waals surface area (Å²) in [5.74, 6) is 0.552. The number of fused-ring (bicyclic) bond motifs is 1. The molecule has 148 valence electrons. The van der Waals surface area contributed by atoms with Gasteiger partial charge >= 0.3 is 0 Å². The molecular formula is C25H26N2O2. The fraction of sp³-hybridized carbons (Fsp3) is 0.240. The zero-order valence-electron chi connectivity index (χ0n) is 16.6. The maximum absolute atomic E-state index is 12.6. The van der Waals surface area contributed by atoms with Crippen LogP contribution in [0.1, 0.15) is 34.3 Å². The number of hydrogen-bond acceptors (Lipinski definition) is 3. The van der Waals surface area contributed by atoms with Gasteiger partial charge in [0.15, 0.2) is 0 Å². The second-order valence-corrected chi connectivity index (χ2v) is 7.47. The number of nitrogens with zero attached hydrogens (tertiary/aromatic N) is 1. The van der Waals surface area contributed by atoms with Gasteiger partial charge < -0.3 is 10.5 Å². The summed E-state index contributed by atoms with van der Waals surface area (Å²) in [5, 5.41) is 0. The number of rotatable bonds is 6. The standard InChI is InChI=1S/C25H26N2O2/c1-29-21-12-13-22-20(17-21)14-15-27(23(22)16-18-8-4-2-5-9-18)24(25(26)28)19-10-6-3-7-11-19/h2-13,17,23-24H,14-16H2,1H3,(H2,26,28). The number of ether oxygens (including phenoxy) is 1. The fourth-order valence-corrected chi connectivity index (χ4v) is 4.36. The number of amides is 1. The summed E-state index contributed by atoms with van der Waals surface area (Å²) in [6, 6.07) is 26.1. The average Bonchev–Trinajstić information content (AvgIpc) is 2.76. The summed E-state index contributed by atoms with van der Waals surface area (Å²) in [7, 11) is 1.69. The van der Waals surface area contributed by atoms with Crippen molar-refractivity contribution in [2.75, 3.05) is 13.7 Å². The van der Waals surface area contributed by atoms with Gasteiger partial charge in [-0.15, -0.1) is 0 Å². The van der Waals surface area contributed by atoms with Crippen molar-refractivity contribution in [3.05, 3.63) is 101 Å². The normalized spacial score (nSPS) is 17.3. The summed E-state index contributed by atoms with van der Waals surface area (Å²) in [5.41, 5.74) is 10.6. The molecule has 0 saturated heterocycles. The Labute approximate surface area is 171 Å². The Morgan fingerprint density at radius 3 is 2.41 bits per heavy atom. The van der Waals surface area contributed by atoms with Gasteiger partial charge in [0.1, 0.15) is 11.8 Å². The molecule has 29 heavy (non-hydrogen) atoms. The van der Waals surface area contributed by atoms with E-state index in [0.29, 0.717) is 0 Å². The van der Waals surface area contributed by atoms with Crippen LogP contribution >= 0.6 is 0 Å². The Morgan fingerprint density at radius 1 is 1.07 bits per heavy atom. The van der Waals surface area contributed by atoms with Crippen LogP contribution in [0.4, 0.5) is 0 Å². The molecule has 3 aromatic carbocycles. The van der Waals surface area contributed by atoms with E-state index in [1.165, 1.54) is 16.7 Å². The number of nitrogens with two attached hydrogens (primary N) is 1. The van der Waals surface area contributed by atoms with Crippen LogP contribution in [0.25, 0.3) is 0 Å². The molecule has 0 bridgehead atoms. The molecule has 4 heteroatoms. The zero-order chi connectivity index (χ0) is 20.2. The lowest BCUT2D eigenvalue weighted by molar-refractivity contribution is -0.124. The van der Waals surface area contributed by atoms with E-state index in [-0.39, 0.29) is 11.9 Å². The predicted molar refractivity (Wildman–Crippen MR) is 115 cm³/mol. The van der Waals surface area contributed by atoms with Crippen LogP contribution in [-0.2, 0) is 17.6 Å². The minimum atomic E-state index is -0.458. The molecule has 4 nitrogen and oxygen atoms in total. The van der Waals surface area contributed by atoms with Crippen LogP contribution < -0.4 is 10.5 Å². The van der Waals surface area contributed by atoms with Crippen molar-refractivity contribution in [3.63, 3.8) is 0 Å². The Morgan fingerprint density at radius 2 is 1.76 bits per heavy atom. The van der Waals surface area contributed by atoms with Crippen LogP contribution in [-0.4, -0.2) is 24.5 Å². The molecule has 0 radical (unpaired) electrons. The van der Waals surface area contributed by atoms with E-state index in [9.17, 15) is 4.79 Å². The van der Waals surface area contributed by atoms with E-state index in [4.69, 9.17) is 10.5 Å². The van der Waals surface area contributed by atoms with Gasteiger partial charge in [-0.25, -0.2) is 0 Å². The quantitative estimate of drug-likeness (QED) is 0.695. The van der Waals surface area contributed by atoms with Crippen LogP contribution in [0, 0.1) is 0 Å². The van der Waals surface area contributed by atoms with Crippen LogP contribution in [0.2, 0.25) is 0 Å². The molecule has 1 heterocycles. The molecule has 2 unspecified atom stereocenters. The van der Waals surface area contributed by atoms with E-state index in [0.717, 1.165) is 30.7 Å². The second-order valence-electron chi connectivity index (χ2n) is 7.47. The number of benzene rings is 3.